The number of aliphatic hydroxyl groups excluding tert-OH is 1. The summed E-state index contributed by atoms with van der Waals surface area (Å²) in [4.78, 5) is 14.9. The zero-order chi connectivity index (χ0) is 13.7. The van der Waals surface area contributed by atoms with Crippen molar-refractivity contribution in [2.75, 3.05) is 0 Å². The van der Waals surface area contributed by atoms with Crippen LogP contribution in [0.1, 0.15) is 53.6 Å². The van der Waals surface area contributed by atoms with Gasteiger partial charge in [0.25, 0.3) is 5.91 Å². The van der Waals surface area contributed by atoms with Gasteiger partial charge in [0.2, 0.25) is 0 Å². The summed E-state index contributed by atoms with van der Waals surface area (Å²) in [7, 11) is 0. The minimum atomic E-state index is -0.212. The second kappa shape index (κ2) is 4.59. The van der Waals surface area contributed by atoms with E-state index in [0.717, 1.165) is 44.1 Å². The van der Waals surface area contributed by atoms with Crippen LogP contribution in [0.25, 0.3) is 0 Å². The lowest BCUT2D eigenvalue weighted by molar-refractivity contribution is 0.0287. The number of nitrogens with zero attached hydrogens (tertiary/aromatic N) is 1. The van der Waals surface area contributed by atoms with Crippen molar-refractivity contribution in [3.63, 3.8) is 0 Å². The Morgan fingerprint density at radius 1 is 1.10 bits per heavy atom. The summed E-state index contributed by atoms with van der Waals surface area (Å²) >= 11 is 0. The number of aryl methyl sites for hydroxylation is 2. The number of benzene rings is 1. The molecule has 2 heterocycles. The Morgan fingerprint density at radius 2 is 1.80 bits per heavy atom. The highest BCUT2D eigenvalue weighted by Crippen LogP contribution is 2.37. The summed E-state index contributed by atoms with van der Waals surface area (Å²) < 4.78 is 0. The second-order valence-electron chi connectivity index (χ2n) is 6.56. The Kier molecular flexibility index (Phi) is 2.84. The van der Waals surface area contributed by atoms with Crippen LogP contribution < -0.4 is 0 Å². The molecule has 106 valence electrons. The first-order valence-corrected chi connectivity index (χ1v) is 7.85. The van der Waals surface area contributed by atoms with Gasteiger partial charge in [-0.2, -0.15) is 0 Å². The largest absolute Gasteiger partial charge is 0.393 e. The number of hydrogen-bond acceptors (Lipinski definition) is 2. The molecule has 20 heavy (non-hydrogen) atoms. The molecule has 2 atom stereocenters. The normalized spacial score (nSPS) is 31.4. The smallest absolute Gasteiger partial charge is 0.254 e. The van der Waals surface area contributed by atoms with E-state index in [9.17, 15) is 9.90 Å². The van der Waals surface area contributed by atoms with Crippen LogP contribution >= 0.6 is 0 Å². The van der Waals surface area contributed by atoms with Crippen LogP contribution in [0.4, 0.5) is 0 Å². The molecule has 3 aliphatic rings. The monoisotopic (exact) mass is 271 g/mol. The lowest BCUT2D eigenvalue weighted by atomic mass is 9.98. The third kappa shape index (κ3) is 1.87. The van der Waals surface area contributed by atoms with Crippen molar-refractivity contribution in [1.82, 2.24) is 4.90 Å². The summed E-state index contributed by atoms with van der Waals surface area (Å²) in [6.45, 7) is 0. The fraction of sp³-hybridized carbons (Fsp3) is 0.588. The van der Waals surface area contributed by atoms with Gasteiger partial charge in [-0.3, -0.25) is 4.79 Å². The molecule has 1 N–H and O–H groups in total. The minimum Gasteiger partial charge on any atom is -0.393 e. The zero-order valence-corrected chi connectivity index (χ0v) is 11.7. The first-order valence-electron chi connectivity index (χ1n) is 7.85. The molecule has 2 bridgehead atoms. The molecule has 0 saturated carbocycles. The van der Waals surface area contributed by atoms with Crippen molar-refractivity contribution in [3.8, 4) is 0 Å². The molecule has 1 aromatic carbocycles. The number of carbonyl (C=O) groups is 1. The van der Waals surface area contributed by atoms with Gasteiger partial charge in [0, 0.05) is 17.6 Å². The van der Waals surface area contributed by atoms with Gasteiger partial charge in [-0.25, -0.2) is 0 Å². The van der Waals surface area contributed by atoms with Crippen molar-refractivity contribution in [2.24, 2.45) is 0 Å². The van der Waals surface area contributed by atoms with Crippen molar-refractivity contribution >= 4 is 5.91 Å². The first kappa shape index (κ1) is 12.4. The maximum Gasteiger partial charge on any atom is 0.254 e. The summed E-state index contributed by atoms with van der Waals surface area (Å²) in [5, 5.41) is 9.85. The molecule has 4 rings (SSSR count). The van der Waals surface area contributed by atoms with E-state index in [1.807, 2.05) is 6.07 Å². The molecule has 1 aromatic rings. The summed E-state index contributed by atoms with van der Waals surface area (Å²) in [6.07, 6.45) is 6.90. The lowest BCUT2D eigenvalue weighted by Crippen LogP contribution is -2.48. The maximum atomic E-state index is 12.8. The van der Waals surface area contributed by atoms with Gasteiger partial charge in [-0.15, -0.1) is 0 Å². The fourth-order valence-electron chi connectivity index (χ4n) is 4.33. The van der Waals surface area contributed by atoms with Gasteiger partial charge in [0.1, 0.15) is 0 Å². The van der Waals surface area contributed by atoms with E-state index in [0.29, 0.717) is 0 Å². The molecule has 2 fully saturated rings. The van der Waals surface area contributed by atoms with E-state index >= 15 is 0 Å². The van der Waals surface area contributed by atoms with Crippen molar-refractivity contribution < 1.29 is 9.90 Å². The Morgan fingerprint density at radius 3 is 2.55 bits per heavy atom. The van der Waals surface area contributed by atoms with Crippen molar-refractivity contribution in [2.45, 2.75) is 63.1 Å². The van der Waals surface area contributed by atoms with Crippen LogP contribution in [-0.2, 0) is 12.8 Å². The molecule has 1 aliphatic carbocycles. The number of carbonyl (C=O) groups excluding carboxylic acids is 1. The topological polar surface area (TPSA) is 40.5 Å². The highest BCUT2D eigenvalue weighted by molar-refractivity contribution is 5.95. The molecular formula is C17H21NO2. The molecular weight excluding hydrogens is 250 g/mol. The Bertz CT molecular complexity index is 540. The molecule has 3 heteroatoms. The van der Waals surface area contributed by atoms with Crippen LogP contribution in [0.3, 0.4) is 0 Å². The number of aliphatic hydroxyl groups is 1. The Labute approximate surface area is 119 Å². The first-order chi connectivity index (χ1) is 9.72. The number of fused-ring (bicyclic) bond motifs is 3. The third-order valence-corrected chi connectivity index (χ3v) is 5.29. The van der Waals surface area contributed by atoms with Gasteiger partial charge < -0.3 is 10.0 Å². The number of rotatable bonds is 1. The summed E-state index contributed by atoms with van der Waals surface area (Å²) in [6, 6.07) is 6.75. The van der Waals surface area contributed by atoms with E-state index in [1.54, 1.807) is 0 Å². The average Bonchev–Trinajstić information content (AvgIpc) is 3.00. The van der Waals surface area contributed by atoms with E-state index in [-0.39, 0.29) is 24.1 Å². The van der Waals surface area contributed by atoms with Gasteiger partial charge >= 0.3 is 0 Å². The van der Waals surface area contributed by atoms with Crippen molar-refractivity contribution in [3.05, 3.63) is 34.9 Å². The second-order valence-corrected chi connectivity index (χ2v) is 6.56. The standard InChI is InChI=1S/C17H21NO2/c19-16-9-14-6-7-15(10-16)18(14)17(20)13-5-4-11-2-1-3-12(11)8-13/h4-5,8,14-16,19H,1-3,6-7,9-10H2. The molecule has 3 nitrogen and oxygen atoms in total. The number of amides is 1. The SMILES string of the molecule is O=C(c1ccc2c(c1)CCC2)N1C2CCC1CC(O)C2. The molecule has 0 radical (unpaired) electrons. The fourth-order valence-corrected chi connectivity index (χ4v) is 4.33. The van der Waals surface area contributed by atoms with Gasteiger partial charge in [-0.1, -0.05) is 6.07 Å². The van der Waals surface area contributed by atoms with Crippen LogP contribution in [0, 0.1) is 0 Å². The van der Waals surface area contributed by atoms with E-state index < -0.39 is 0 Å². The minimum absolute atomic E-state index is 0.180. The quantitative estimate of drug-likeness (QED) is 0.851. The highest BCUT2D eigenvalue weighted by Gasteiger charge is 2.42. The van der Waals surface area contributed by atoms with Crippen LogP contribution in [0.15, 0.2) is 18.2 Å². The number of piperidine rings is 1. The average molecular weight is 271 g/mol. The summed E-state index contributed by atoms with van der Waals surface area (Å²) in [5.74, 6) is 0.180. The predicted octanol–water partition coefficient (Wildman–Crippen LogP) is 2.30. The Balaban J connectivity index is 1.61. The molecule has 0 aromatic heterocycles. The Hall–Kier alpha value is -1.35. The van der Waals surface area contributed by atoms with E-state index in [2.05, 4.69) is 17.0 Å². The molecule has 2 unspecified atom stereocenters. The van der Waals surface area contributed by atoms with Crippen LogP contribution in [0.5, 0.6) is 0 Å². The zero-order valence-electron chi connectivity index (χ0n) is 11.7. The van der Waals surface area contributed by atoms with Crippen LogP contribution in [-0.4, -0.2) is 34.1 Å². The van der Waals surface area contributed by atoms with Crippen molar-refractivity contribution in [1.29, 1.82) is 0 Å². The third-order valence-electron chi connectivity index (χ3n) is 5.29. The molecule has 2 saturated heterocycles. The molecule has 2 aliphatic heterocycles. The van der Waals surface area contributed by atoms with E-state index in [1.165, 1.54) is 17.5 Å². The highest BCUT2D eigenvalue weighted by atomic mass is 16.3. The van der Waals surface area contributed by atoms with Gasteiger partial charge in [0.15, 0.2) is 0 Å². The van der Waals surface area contributed by atoms with E-state index in [4.69, 9.17) is 0 Å². The lowest BCUT2D eigenvalue weighted by Gasteiger charge is -2.37. The number of hydrogen-bond donors (Lipinski definition) is 1. The maximum absolute atomic E-state index is 12.8. The van der Waals surface area contributed by atoms with Gasteiger partial charge in [-0.05, 0) is 68.2 Å². The predicted molar refractivity (Wildman–Crippen MR) is 76.7 cm³/mol. The van der Waals surface area contributed by atoms with Crippen LogP contribution in [0.2, 0.25) is 0 Å². The van der Waals surface area contributed by atoms with Gasteiger partial charge in [0.05, 0.1) is 6.10 Å². The molecule has 1 amide bonds. The summed E-state index contributed by atoms with van der Waals surface area (Å²) in [5.41, 5.74) is 3.62. The molecule has 0 spiro atoms.